The van der Waals surface area contributed by atoms with Gasteiger partial charge in [0.15, 0.2) is 0 Å². The number of hydrogen-bond acceptors (Lipinski definition) is 2. The third-order valence-corrected chi connectivity index (χ3v) is 5.86. The largest absolute Gasteiger partial charge is 0.355 e. The lowest BCUT2D eigenvalue weighted by Crippen LogP contribution is -2.47. The molecule has 1 heterocycles. The molecular weight excluding hydrogens is 339 g/mol. The molecule has 1 aliphatic heterocycles. The Morgan fingerprint density at radius 1 is 1.24 bits per heavy atom. The number of hydrogen-bond donors (Lipinski definition) is 2. The van der Waals surface area contributed by atoms with E-state index >= 15 is 0 Å². The van der Waals surface area contributed by atoms with Crippen LogP contribution in [0.2, 0.25) is 0 Å². The molecule has 0 unspecified atom stereocenters. The smallest absolute Gasteiger partial charge is 0.223 e. The second kappa shape index (κ2) is 9.00. The molecule has 25 heavy (non-hydrogen) atoms. The Morgan fingerprint density at radius 3 is 2.56 bits per heavy atom. The molecule has 3 nitrogen and oxygen atoms in total. The van der Waals surface area contributed by atoms with Gasteiger partial charge in [-0.15, -0.1) is 12.4 Å². The van der Waals surface area contributed by atoms with Gasteiger partial charge in [0.05, 0.1) is 0 Å². The van der Waals surface area contributed by atoms with Crippen molar-refractivity contribution in [3.63, 3.8) is 0 Å². The summed E-state index contributed by atoms with van der Waals surface area (Å²) in [5.41, 5.74) is 1.14. The molecule has 5 heteroatoms. The van der Waals surface area contributed by atoms with Crippen LogP contribution in [0.3, 0.4) is 0 Å². The van der Waals surface area contributed by atoms with Crippen LogP contribution in [0, 0.1) is 11.7 Å². The van der Waals surface area contributed by atoms with Crippen LogP contribution in [-0.2, 0) is 10.2 Å². The van der Waals surface area contributed by atoms with Crippen LogP contribution < -0.4 is 10.6 Å². The highest BCUT2D eigenvalue weighted by Gasteiger charge is 2.35. The fourth-order valence-corrected chi connectivity index (χ4v) is 4.37. The highest BCUT2D eigenvalue weighted by atomic mass is 35.5. The Kier molecular flexibility index (Phi) is 7.26. The van der Waals surface area contributed by atoms with E-state index in [-0.39, 0.29) is 35.5 Å². The summed E-state index contributed by atoms with van der Waals surface area (Å²) in [6.45, 7) is 3.73. The van der Waals surface area contributed by atoms with Crippen LogP contribution in [0.4, 0.5) is 4.39 Å². The topological polar surface area (TPSA) is 41.1 Å². The minimum atomic E-state index is -0.197. The molecule has 0 spiro atoms. The van der Waals surface area contributed by atoms with Gasteiger partial charge in [-0.05, 0) is 56.8 Å². The quantitative estimate of drug-likeness (QED) is 0.844. The Morgan fingerprint density at radius 2 is 1.92 bits per heavy atom. The third-order valence-electron chi connectivity index (χ3n) is 5.86. The molecule has 1 aromatic carbocycles. The molecule has 1 saturated carbocycles. The number of rotatable bonds is 4. The minimum Gasteiger partial charge on any atom is -0.355 e. The van der Waals surface area contributed by atoms with Crippen molar-refractivity contribution < 1.29 is 9.18 Å². The lowest BCUT2D eigenvalue weighted by atomic mass is 9.69. The summed E-state index contributed by atoms with van der Waals surface area (Å²) in [6.07, 6.45) is 7.58. The number of benzene rings is 1. The Balaban J connectivity index is 0.00000225. The van der Waals surface area contributed by atoms with Gasteiger partial charge in [0.2, 0.25) is 5.91 Å². The molecule has 1 saturated heterocycles. The molecule has 140 valence electrons. The van der Waals surface area contributed by atoms with Crippen LogP contribution in [0.1, 0.15) is 57.4 Å². The molecule has 3 rings (SSSR count). The lowest BCUT2D eigenvalue weighted by molar-refractivity contribution is -0.126. The zero-order chi connectivity index (χ0) is 17.0. The van der Waals surface area contributed by atoms with E-state index in [0.717, 1.165) is 32.2 Å². The SMILES string of the molecule is C[C@H]1C[C@@H](C(=O)NCC2(c3ccc(F)cc3)CCCCC2)CCN1.Cl. The lowest BCUT2D eigenvalue weighted by Gasteiger charge is -2.39. The predicted octanol–water partition coefficient (Wildman–Crippen LogP) is 3.95. The first kappa shape index (κ1) is 20.2. The first-order valence-corrected chi connectivity index (χ1v) is 9.36. The summed E-state index contributed by atoms with van der Waals surface area (Å²) in [5.74, 6) is 0.114. The summed E-state index contributed by atoms with van der Waals surface area (Å²) < 4.78 is 13.3. The van der Waals surface area contributed by atoms with Crippen molar-refractivity contribution in [2.24, 2.45) is 5.92 Å². The summed E-state index contributed by atoms with van der Waals surface area (Å²) in [6, 6.07) is 7.30. The van der Waals surface area contributed by atoms with E-state index in [4.69, 9.17) is 0 Å². The van der Waals surface area contributed by atoms with E-state index in [1.165, 1.54) is 24.8 Å². The Labute approximate surface area is 156 Å². The summed E-state index contributed by atoms with van der Waals surface area (Å²) in [4.78, 5) is 12.6. The molecule has 2 aliphatic rings. The van der Waals surface area contributed by atoms with Crippen molar-refractivity contribution in [3.05, 3.63) is 35.6 Å². The van der Waals surface area contributed by atoms with Crippen molar-refractivity contribution in [2.75, 3.05) is 13.1 Å². The highest BCUT2D eigenvalue weighted by molar-refractivity contribution is 5.85. The number of nitrogens with one attached hydrogen (secondary N) is 2. The normalized spacial score (nSPS) is 25.7. The number of amides is 1. The van der Waals surface area contributed by atoms with Gasteiger partial charge in [0.1, 0.15) is 5.82 Å². The van der Waals surface area contributed by atoms with E-state index in [2.05, 4.69) is 17.6 Å². The zero-order valence-electron chi connectivity index (χ0n) is 15.0. The predicted molar refractivity (Wildman–Crippen MR) is 102 cm³/mol. The van der Waals surface area contributed by atoms with Gasteiger partial charge in [-0.3, -0.25) is 4.79 Å². The van der Waals surface area contributed by atoms with Gasteiger partial charge in [-0.2, -0.15) is 0 Å². The highest BCUT2D eigenvalue weighted by Crippen LogP contribution is 2.39. The van der Waals surface area contributed by atoms with Gasteiger partial charge in [0.25, 0.3) is 0 Å². The summed E-state index contributed by atoms with van der Waals surface area (Å²) >= 11 is 0. The Hall–Kier alpha value is -1.13. The van der Waals surface area contributed by atoms with E-state index < -0.39 is 0 Å². The minimum absolute atomic E-state index is 0. The van der Waals surface area contributed by atoms with Crippen LogP contribution in [0.25, 0.3) is 0 Å². The average molecular weight is 369 g/mol. The molecule has 2 N–H and O–H groups in total. The molecule has 2 atom stereocenters. The summed E-state index contributed by atoms with van der Waals surface area (Å²) in [5, 5.41) is 6.63. The maximum atomic E-state index is 13.3. The molecule has 2 fully saturated rings. The van der Waals surface area contributed by atoms with Crippen molar-refractivity contribution in [1.29, 1.82) is 0 Å². The zero-order valence-corrected chi connectivity index (χ0v) is 15.8. The van der Waals surface area contributed by atoms with Crippen LogP contribution in [0.15, 0.2) is 24.3 Å². The number of carbonyl (C=O) groups is 1. The van der Waals surface area contributed by atoms with E-state index in [1.54, 1.807) is 12.1 Å². The molecule has 1 amide bonds. The van der Waals surface area contributed by atoms with Crippen LogP contribution in [0.5, 0.6) is 0 Å². The average Bonchev–Trinajstić information content (AvgIpc) is 2.61. The maximum Gasteiger partial charge on any atom is 0.223 e. The van der Waals surface area contributed by atoms with Gasteiger partial charge in [-0.1, -0.05) is 31.4 Å². The fourth-order valence-electron chi connectivity index (χ4n) is 4.37. The number of carbonyl (C=O) groups excluding carboxylic acids is 1. The third kappa shape index (κ3) is 4.95. The van der Waals surface area contributed by atoms with Crippen molar-refractivity contribution in [2.45, 2.75) is 63.3 Å². The van der Waals surface area contributed by atoms with Crippen LogP contribution in [-0.4, -0.2) is 25.0 Å². The summed E-state index contributed by atoms with van der Waals surface area (Å²) in [7, 11) is 0. The van der Waals surface area contributed by atoms with E-state index in [9.17, 15) is 9.18 Å². The number of piperidine rings is 1. The van der Waals surface area contributed by atoms with Crippen molar-refractivity contribution in [3.8, 4) is 0 Å². The standard InChI is InChI=1S/C20H29FN2O.ClH/c1-15-13-16(9-12-22-15)19(24)23-14-20(10-3-2-4-11-20)17-5-7-18(21)8-6-17;/h5-8,15-16,22H,2-4,9-14H2,1H3,(H,23,24);1H/t15-,16-;/m0./s1. The molecule has 0 aromatic heterocycles. The van der Waals surface area contributed by atoms with E-state index in [0.29, 0.717) is 12.6 Å². The molecular formula is C20H30ClFN2O. The Bertz CT molecular complexity index is 557. The monoisotopic (exact) mass is 368 g/mol. The second-order valence-corrected chi connectivity index (χ2v) is 7.64. The molecule has 1 aliphatic carbocycles. The van der Waals surface area contributed by atoms with Gasteiger partial charge >= 0.3 is 0 Å². The molecule has 0 bridgehead atoms. The second-order valence-electron chi connectivity index (χ2n) is 7.64. The van der Waals surface area contributed by atoms with Crippen molar-refractivity contribution >= 4 is 18.3 Å². The molecule has 1 aromatic rings. The van der Waals surface area contributed by atoms with Gasteiger partial charge in [-0.25, -0.2) is 4.39 Å². The maximum absolute atomic E-state index is 13.3. The van der Waals surface area contributed by atoms with E-state index in [1.807, 2.05) is 12.1 Å². The van der Waals surface area contributed by atoms with Crippen LogP contribution >= 0.6 is 12.4 Å². The number of halogens is 2. The first-order valence-electron chi connectivity index (χ1n) is 9.36. The fraction of sp³-hybridized carbons (Fsp3) is 0.650. The van der Waals surface area contributed by atoms with Crippen molar-refractivity contribution in [1.82, 2.24) is 10.6 Å². The van der Waals surface area contributed by atoms with Gasteiger partial charge in [0, 0.05) is 23.9 Å². The molecule has 0 radical (unpaired) electrons. The van der Waals surface area contributed by atoms with Gasteiger partial charge < -0.3 is 10.6 Å². The first-order chi connectivity index (χ1) is 11.6.